The van der Waals surface area contributed by atoms with Gasteiger partial charge in [-0.25, -0.2) is 0 Å². The molecule has 0 bridgehead atoms. The van der Waals surface area contributed by atoms with Gasteiger partial charge in [0.2, 0.25) is 5.91 Å². The highest BCUT2D eigenvalue weighted by molar-refractivity contribution is 9.09. The van der Waals surface area contributed by atoms with Crippen molar-refractivity contribution in [3.8, 4) is 0 Å². The van der Waals surface area contributed by atoms with E-state index in [2.05, 4.69) is 67.1 Å². The van der Waals surface area contributed by atoms with E-state index in [4.69, 9.17) is 0 Å². The molecule has 0 atom stereocenters. The fourth-order valence-electron chi connectivity index (χ4n) is 2.81. The number of amides is 1. The third-order valence-electron chi connectivity index (χ3n) is 4.17. The summed E-state index contributed by atoms with van der Waals surface area (Å²) in [5.41, 5.74) is 3.52. The van der Waals surface area contributed by atoms with Crippen LogP contribution in [0.25, 0.3) is 0 Å². The van der Waals surface area contributed by atoms with Gasteiger partial charge in [0.15, 0.2) is 0 Å². The van der Waals surface area contributed by atoms with Crippen molar-refractivity contribution in [2.24, 2.45) is 0 Å². The first-order chi connectivity index (χ1) is 11.0. The standard InChI is InChI=1S/C20H32BrNO/c1-15(2)17-11-10-12-18(16(3)4)20(17)22-19(23)13-8-6-5-7-9-14-21/h10-12,15-16H,5-9,13-14H2,1-4H3,(H,22,23). The predicted molar refractivity (Wildman–Crippen MR) is 105 cm³/mol. The second-order valence-corrected chi connectivity index (χ2v) is 7.67. The highest BCUT2D eigenvalue weighted by Gasteiger charge is 2.15. The Balaban J connectivity index is 2.63. The van der Waals surface area contributed by atoms with E-state index in [9.17, 15) is 4.79 Å². The fraction of sp³-hybridized carbons (Fsp3) is 0.650. The molecule has 1 aromatic carbocycles. The van der Waals surface area contributed by atoms with Crippen molar-refractivity contribution < 1.29 is 4.79 Å². The summed E-state index contributed by atoms with van der Waals surface area (Å²) >= 11 is 3.45. The summed E-state index contributed by atoms with van der Waals surface area (Å²) < 4.78 is 0. The van der Waals surface area contributed by atoms with E-state index in [-0.39, 0.29) is 5.91 Å². The molecule has 0 unspecified atom stereocenters. The molecule has 0 saturated carbocycles. The van der Waals surface area contributed by atoms with E-state index in [1.54, 1.807) is 0 Å². The molecule has 0 spiro atoms. The van der Waals surface area contributed by atoms with Gasteiger partial charge in [-0.3, -0.25) is 4.79 Å². The quantitative estimate of drug-likeness (QED) is 0.358. The number of para-hydroxylation sites is 1. The summed E-state index contributed by atoms with van der Waals surface area (Å²) in [7, 11) is 0. The molecule has 0 aromatic heterocycles. The van der Waals surface area contributed by atoms with Crippen LogP contribution in [0.15, 0.2) is 18.2 Å². The smallest absolute Gasteiger partial charge is 0.224 e. The van der Waals surface area contributed by atoms with Gasteiger partial charge in [-0.15, -0.1) is 0 Å². The lowest BCUT2D eigenvalue weighted by Gasteiger charge is -2.20. The Morgan fingerprint density at radius 2 is 1.48 bits per heavy atom. The minimum atomic E-state index is 0.153. The summed E-state index contributed by atoms with van der Waals surface area (Å²) in [6.07, 6.45) is 6.45. The summed E-state index contributed by atoms with van der Waals surface area (Å²) in [5.74, 6) is 0.974. The number of alkyl halides is 1. The molecule has 130 valence electrons. The van der Waals surface area contributed by atoms with Crippen molar-refractivity contribution in [3.05, 3.63) is 29.3 Å². The number of hydrogen-bond donors (Lipinski definition) is 1. The number of unbranched alkanes of at least 4 members (excludes halogenated alkanes) is 4. The van der Waals surface area contributed by atoms with Crippen molar-refractivity contribution in [2.75, 3.05) is 10.6 Å². The van der Waals surface area contributed by atoms with E-state index >= 15 is 0 Å². The number of rotatable bonds is 10. The number of benzene rings is 1. The molecular weight excluding hydrogens is 350 g/mol. The Labute approximate surface area is 150 Å². The molecule has 3 heteroatoms. The van der Waals surface area contributed by atoms with Crippen molar-refractivity contribution >= 4 is 27.5 Å². The van der Waals surface area contributed by atoms with Gasteiger partial charge in [-0.1, -0.05) is 81.1 Å². The molecule has 0 aliphatic carbocycles. The highest BCUT2D eigenvalue weighted by atomic mass is 79.9. The Kier molecular flexibility index (Phi) is 9.54. The fourth-order valence-corrected chi connectivity index (χ4v) is 3.20. The first kappa shape index (κ1) is 20.2. The maximum Gasteiger partial charge on any atom is 0.224 e. The third-order valence-corrected chi connectivity index (χ3v) is 4.74. The van der Waals surface area contributed by atoms with Crippen LogP contribution < -0.4 is 5.32 Å². The van der Waals surface area contributed by atoms with Crippen LogP contribution in [0.5, 0.6) is 0 Å². The molecule has 1 aromatic rings. The molecule has 0 heterocycles. The van der Waals surface area contributed by atoms with Crippen molar-refractivity contribution in [3.63, 3.8) is 0 Å². The van der Waals surface area contributed by atoms with Gasteiger partial charge < -0.3 is 5.32 Å². The predicted octanol–water partition coefficient (Wildman–Crippen LogP) is 6.61. The van der Waals surface area contributed by atoms with E-state index in [1.807, 2.05) is 0 Å². The van der Waals surface area contributed by atoms with Crippen molar-refractivity contribution in [2.45, 2.75) is 78.1 Å². The first-order valence-electron chi connectivity index (χ1n) is 8.96. The molecule has 0 aliphatic rings. The zero-order chi connectivity index (χ0) is 17.2. The lowest BCUT2D eigenvalue weighted by molar-refractivity contribution is -0.116. The number of nitrogens with one attached hydrogen (secondary N) is 1. The summed E-state index contributed by atoms with van der Waals surface area (Å²) in [6, 6.07) is 6.36. The van der Waals surface area contributed by atoms with Crippen LogP contribution in [0.4, 0.5) is 5.69 Å². The number of anilines is 1. The van der Waals surface area contributed by atoms with Crippen LogP contribution in [-0.2, 0) is 4.79 Å². The minimum absolute atomic E-state index is 0.153. The largest absolute Gasteiger partial charge is 0.326 e. The second-order valence-electron chi connectivity index (χ2n) is 6.88. The molecular formula is C20H32BrNO. The van der Waals surface area contributed by atoms with Crippen LogP contribution in [0.2, 0.25) is 0 Å². The third kappa shape index (κ3) is 7.07. The summed E-state index contributed by atoms with van der Waals surface area (Å²) in [5, 5.41) is 4.28. The topological polar surface area (TPSA) is 29.1 Å². The lowest BCUT2D eigenvalue weighted by atomic mass is 9.92. The monoisotopic (exact) mass is 381 g/mol. The average Bonchev–Trinajstić information content (AvgIpc) is 2.50. The van der Waals surface area contributed by atoms with Gasteiger partial charge in [-0.2, -0.15) is 0 Å². The molecule has 2 nitrogen and oxygen atoms in total. The minimum Gasteiger partial charge on any atom is -0.326 e. The maximum atomic E-state index is 12.3. The Morgan fingerprint density at radius 1 is 0.957 bits per heavy atom. The SMILES string of the molecule is CC(C)c1cccc(C(C)C)c1NC(=O)CCCCCCCBr. The Hall–Kier alpha value is -0.830. The van der Waals surface area contributed by atoms with Crippen LogP contribution in [0.1, 0.15) is 89.2 Å². The van der Waals surface area contributed by atoms with Crippen molar-refractivity contribution in [1.82, 2.24) is 0 Å². The number of carbonyl (C=O) groups is 1. The molecule has 0 aliphatic heterocycles. The van der Waals surface area contributed by atoms with Crippen LogP contribution in [0, 0.1) is 0 Å². The normalized spacial score (nSPS) is 11.3. The number of hydrogen-bond acceptors (Lipinski definition) is 1. The summed E-state index contributed by atoms with van der Waals surface area (Å²) in [4.78, 5) is 12.3. The highest BCUT2D eigenvalue weighted by Crippen LogP contribution is 2.32. The molecule has 0 radical (unpaired) electrons. The number of carbonyl (C=O) groups excluding carboxylic acids is 1. The van der Waals surface area contributed by atoms with Gasteiger partial charge in [0.1, 0.15) is 0 Å². The molecule has 1 rings (SSSR count). The van der Waals surface area contributed by atoms with Gasteiger partial charge in [0.25, 0.3) is 0 Å². The zero-order valence-corrected chi connectivity index (χ0v) is 16.7. The van der Waals surface area contributed by atoms with E-state index in [1.165, 1.54) is 30.4 Å². The van der Waals surface area contributed by atoms with Crippen LogP contribution in [-0.4, -0.2) is 11.2 Å². The van der Waals surface area contributed by atoms with Crippen molar-refractivity contribution in [1.29, 1.82) is 0 Å². The van der Waals surface area contributed by atoms with E-state index in [0.717, 1.165) is 23.9 Å². The lowest BCUT2D eigenvalue weighted by Crippen LogP contribution is -2.15. The molecule has 0 saturated heterocycles. The Morgan fingerprint density at radius 3 is 2.00 bits per heavy atom. The van der Waals surface area contributed by atoms with E-state index in [0.29, 0.717) is 18.3 Å². The second kappa shape index (κ2) is 10.9. The molecule has 23 heavy (non-hydrogen) atoms. The average molecular weight is 382 g/mol. The first-order valence-corrected chi connectivity index (χ1v) is 10.1. The Bertz CT molecular complexity index is 456. The van der Waals surface area contributed by atoms with Gasteiger partial charge in [-0.05, 0) is 35.8 Å². The number of halogens is 1. The van der Waals surface area contributed by atoms with Gasteiger partial charge in [0.05, 0.1) is 0 Å². The summed E-state index contributed by atoms with van der Waals surface area (Å²) in [6.45, 7) is 8.72. The zero-order valence-electron chi connectivity index (χ0n) is 15.1. The van der Waals surface area contributed by atoms with Gasteiger partial charge in [0, 0.05) is 17.4 Å². The van der Waals surface area contributed by atoms with Crippen LogP contribution in [0.3, 0.4) is 0 Å². The van der Waals surface area contributed by atoms with Gasteiger partial charge >= 0.3 is 0 Å². The van der Waals surface area contributed by atoms with Crippen LogP contribution >= 0.6 is 15.9 Å². The van der Waals surface area contributed by atoms with E-state index < -0.39 is 0 Å². The maximum absolute atomic E-state index is 12.3. The molecule has 1 N–H and O–H groups in total. The molecule has 0 fully saturated rings. The molecule has 1 amide bonds.